The van der Waals surface area contributed by atoms with E-state index in [0.717, 1.165) is 5.92 Å². The van der Waals surface area contributed by atoms with Gasteiger partial charge in [-0.2, -0.15) is 0 Å². The van der Waals surface area contributed by atoms with Crippen molar-refractivity contribution in [3.8, 4) is 0 Å². The van der Waals surface area contributed by atoms with E-state index in [1.54, 1.807) is 0 Å². The van der Waals surface area contributed by atoms with Crippen molar-refractivity contribution >= 4 is 0 Å². The van der Waals surface area contributed by atoms with Crippen molar-refractivity contribution in [1.82, 2.24) is 5.32 Å². The molecule has 118 valence electrons. The summed E-state index contributed by atoms with van der Waals surface area (Å²) in [7, 11) is 0. The molecule has 2 rings (SSSR count). The molecular formula is C20H33N. The second kappa shape index (κ2) is 6.96. The molecule has 1 saturated carbocycles. The van der Waals surface area contributed by atoms with E-state index in [4.69, 9.17) is 0 Å². The van der Waals surface area contributed by atoms with Gasteiger partial charge >= 0.3 is 0 Å². The van der Waals surface area contributed by atoms with Crippen molar-refractivity contribution in [3.63, 3.8) is 0 Å². The first kappa shape index (κ1) is 16.5. The number of nitrogens with one attached hydrogen (secondary N) is 1. The van der Waals surface area contributed by atoms with Gasteiger partial charge in [0.25, 0.3) is 0 Å². The smallest absolute Gasteiger partial charge is 0.0296 e. The van der Waals surface area contributed by atoms with E-state index in [-0.39, 0.29) is 0 Å². The Kier molecular flexibility index (Phi) is 5.48. The summed E-state index contributed by atoms with van der Waals surface area (Å²) in [5.74, 6) is 0.911. The van der Waals surface area contributed by atoms with Crippen LogP contribution in [-0.2, 0) is 0 Å². The highest BCUT2D eigenvalue weighted by Gasteiger charge is 2.32. The first-order valence-corrected chi connectivity index (χ1v) is 8.75. The van der Waals surface area contributed by atoms with E-state index in [1.807, 2.05) is 0 Å². The van der Waals surface area contributed by atoms with E-state index in [0.29, 0.717) is 17.5 Å². The Morgan fingerprint density at radius 3 is 2.33 bits per heavy atom. The minimum absolute atomic E-state index is 0.465. The van der Waals surface area contributed by atoms with Crippen LogP contribution in [-0.4, -0.2) is 6.04 Å². The SMILES string of the molecule is CCC(C)(C)C1CCC(NC(C)c2ccccc2C)CC1. The molecule has 1 aromatic rings. The summed E-state index contributed by atoms with van der Waals surface area (Å²) >= 11 is 0. The van der Waals surface area contributed by atoms with Crippen LogP contribution in [0.1, 0.15) is 77.0 Å². The van der Waals surface area contributed by atoms with E-state index in [1.165, 1.54) is 43.2 Å². The van der Waals surface area contributed by atoms with E-state index in [2.05, 4.69) is 64.2 Å². The third kappa shape index (κ3) is 4.10. The highest BCUT2D eigenvalue weighted by Crippen LogP contribution is 2.40. The highest BCUT2D eigenvalue weighted by molar-refractivity contribution is 5.28. The summed E-state index contributed by atoms with van der Waals surface area (Å²) in [5.41, 5.74) is 3.37. The van der Waals surface area contributed by atoms with Crippen molar-refractivity contribution in [2.75, 3.05) is 0 Å². The van der Waals surface area contributed by atoms with Gasteiger partial charge in [0.1, 0.15) is 0 Å². The number of rotatable bonds is 5. The van der Waals surface area contributed by atoms with Crippen molar-refractivity contribution in [1.29, 1.82) is 0 Å². The second-order valence-electron chi connectivity index (χ2n) is 7.64. The Labute approximate surface area is 131 Å². The topological polar surface area (TPSA) is 12.0 Å². The Morgan fingerprint density at radius 1 is 1.14 bits per heavy atom. The van der Waals surface area contributed by atoms with Gasteiger partial charge in [0.15, 0.2) is 0 Å². The van der Waals surface area contributed by atoms with Crippen LogP contribution in [0.2, 0.25) is 0 Å². The average Bonchev–Trinajstić information content (AvgIpc) is 2.48. The lowest BCUT2D eigenvalue weighted by molar-refractivity contribution is 0.134. The average molecular weight is 287 g/mol. The van der Waals surface area contributed by atoms with Gasteiger partial charge in [0.05, 0.1) is 0 Å². The van der Waals surface area contributed by atoms with Crippen LogP contribution in [0.5, 0.6) is 0 Å². The van der Waals surface area contributed by atoms with Crippen LogP contribution in [0.25, 0.3) is 0 Å². The Balaban J connectivity index is 1.88. The normalized spacial score (nSPS) is 24.8. The van der Waals surface area contributed by atoms with Gasteiger partial charge in [-0.3, -0.25) is 0 Å². The highest BCUT2D eigenvalue weighted by atomic mass is 14.9. The zero-order chi connectivity index (χ0) is 15.5. The minimum Gasteiger partial charge on any atom is -0.307 e. The quantitative estimate of drug-likeness (QED) is 0.739. The molecule has 1 unspecified atom stereocenters. The lowest BCUT2D eigenvalue weighted by Crippen LogP contribution is -2.38. The van der Waals surface area contributed by atoms with Gasteiger partial charge in [0, 0.05) is 12.1 Å². The van der Waals surface area contributed by atoms with Gasteiger partial charge in [0.2, 0.25) is 0 Å². The summed E-state index contributed by atoms with van der Waals surface area (Å²) in [6, 6.07) is 9.92. The molecule has 1 heteroatoms. The van der Waals surface area contributed by atoms with Gasteiger partial charge < -0.3 is 5.32 Å². The minimum atomic E-state index is 0.465. The Hall–Kier alpha value is -0.820. The first-order chi connectivity index (χ1) is 9.94. The molecule has 1 aromatic carbocycles. The summed E-state index contributed by atoms with van der Waals surface area (Å²) in [6.07, 6.45) is 6.75. The fraction of sp³-hybridized carbons (Fsp3) is 0.700. The number of aryl methyl sites for hydroxylation is 1. The van der Waals surface area contributed by atoms with E-state index >= 15 is 0 Å². The molecule has 1 nitrogen and oxygen atoms in total. The van der Waals surface area contributed by atoms with Crippen LogP contribution >= 0.6 is 0 Å². The molecule has 0 amide bonds. The molecule has 1 aliphatic rings. The van der Waals surface area contributed by atoms with Gasteiger partial charge in [-0.05, 0) is 62.0 Å². The van der Waals surface area contributed by atoms with Crippen LogP contribution < -0.4 is 5.32 Å². The molecule has 0 saturated heterocycles. The van der Waals surface area contributed by atoms with Crippen molar-refractivity contribution < 1.29 is 0 Å². The summed E-state index contributed by atoms with van der Waals surface area (Å²) in [6.45, 7) is 11.8. The van der Waals surface area contributed by atoms with Crippen molar-refractivity contribution in [3.05, 3.63) is 35.4 Å². The first-order valence-electron chi connectivity index (χ1n) is 8.75. The van der Waals surface area contributed by atoms with Gasteiger partial charge in [-0.15, -0.1) is 0 Å². The molecule has 1 N–H and O–H groups in total. The van der Waals surface area contributed by atoms with Crippen LogP contribution in [0.4, 0.5) is 0 Å². The summed E-state index contributed by atoms with van der Waals surface area (Å²) in [5, 5.41) is 3.87. The zero-order valence-corrected chi connectivity index (χ0v) is 14.6. The maximum atomic E-state index is 3.87. The molecule has 0 spiro atoms. The second-order valence-corrected chi connectivity index (χ2v) is 7.64. The lowest BCUT2D eigenvalue weighted by Gasteiger charge is -2.39. The molecule has 1 atom stereocenters. The number of benzene rings is 1. The van der Waals surface area contributed by atoms with Crippen LogP contribution in [0, 0.1) is 18.3 Å². The third-order valence-electron chi connectivity index (χ3n) is 5.88. The standard InChI is InChI=1S/C20H33N/c1-6-20(4,5)17-11-13-18(14-12-17)21-16(3)19-10-8-7-9-15(19)2/h7-10,16-18,21H,6,11-14H2,1-5H3. The summed E-state index contributed by atoms with van der Waals surface area (Å²) in [4.78, 5) is 0. The Morgan fingerprint density at radius 2 is 1.76 bits per heavy atom. The van der Waals surface area contributed by atoms with Gasteiger partial charge in [-0.25, -0.2) is 0 Å². The largest absolute Gasteiger partial charge is 0.307 e. The molecular weight excluding hydrogens is 254 g/mol. The number of hydrogen-bond donors (Lipinski definition) is 1. The van der Waals surface area contributed by atoms with Crippen molar-refractivity contribution in [2.45, 2.75) is 78.8 Å². The number of hydrogen-bond acceptors (Lipinski definition) is 1. The molecule has 1 fully saturated rings. The lowest BCUT2D eigenvalue weighted by atomic mass is 9.69. The monoisotopic (exact) mass is 287 g/mol. The maximum absolute atomic E-state index is 3.87. The Bertz CT molecular complexity index is 441. The van der Waals surface area contributed by atoms with E-state index in [9.17, 15) is 0 Å². The molecule has 0 bridgehead atoms. The fourth-order valence-corrected chi connectivity index (χ4v) is 3.85. The molecule has 1 aliphatic carbocycles. The summed E-state index contributed by atoms with van der Waals surface area (Å²) < 4.78 is 0. The van der Waals surface area contributed by atoms with E-state index < -0.39 is 0 Å². The third-order valence-corrected chi connectivity index (χ3v) is 5.88. The zero-order valence-electron chi connectivity index (χ0n) is 14.6. The predicted octanol–water partition coefficient (Wildman–Crippen LogP) is 5.64. The maximum Gasteiger partial charge on any atom is 0.0296 e. The van der Waals surface area contributed by atoms with Gasteiger partial charge in [-0.1, -0.05) is 51.5 Å². The molecule has 0 heterocycles. The van der Waals surface area contributed by atoms with Crippen LogP contribution in [0.15, 0.2) is 24.3 Å². The van der Waals surface area contributed by atoms with Crippen molar-refractivity contribution in [2.24, 2.45) is 11.3 Å². The molecule has 0 aromatic heterocycles. The predicted molar refractivity (Wildman–Crippen MR) is 92.5 cm³/mol. The molecule has 21 heavy (non-hydrogen) atoms. The molecule has 0 radical (unpaired) electrons. The van der Waals surface area contributed by atoms with Crippen LogP contribution in [0.3, 0.4) is 0 Å². The fourth-order valence-electron chi connectivity index (χ4n) is 3.85. The molecule has 0 aliphatic heterocycles.